The van der Waals surface area contributed by atoms with Crippen LogP contribution in [0, 0.1) is 12.1 Å². The lowest BCUT2D eigenvalue weighted by atomic mass is 10.2. The van der Waals surface area contributed by atoms with Crippen molar-refractivity contribution >= 4 is 23.2 Å². The van der Waals surface area contributed by atoms with Crippen molar-refractivity contribution < 1.29 is 9.52 Å². The Morgan fingerprint density at radius 1 is 1.39 bits per heavy atom. The summed E-state index contributed by atoms with van der Waals surface area (Å²) in [4.78, 5) is 11.9. The maximum absolute atomic E-state index is 11.9. The lowest BCUT2D eigenvalue weighted by molar-refractivity contribution is -0.605. The third-order valence-electron chi connectivity index (χ3n) is 2.47. The van der Waals surface area contributed by atoms with Gasteiger partial charge in [0.25, 0.3) is 5.91 Å². The summed E-state index contributed by atoms with van der Waals surface area (Å²) in [5, 5.41) is 14.4. The van der Waals surface area contributed by atoms with Crippen molar-refractivity contribution in [1.29, 1.82) is 0 Å². The van der Waals surface area contributed by atoms with Gasteiger partial charge in [-0.15, -0.1) is 0 Å². The van der Waals surface area contributed by atoms with Gasteiger partial charge in [-0.2, -0.15) is 4.73 Å². The van der Waals surface area contributed by atoms with Gasteiger partial charge < -0.3 is 10.5 Å². The topological polar surface area (TPSA) is 56.0 Å². The molecule has 2 aromatic rings. The summed E-state index contributed by atoms with van der Waals surface area (Å²) in [7, 11) is 0. The third-order valence-corrected chi connectivity index (χ3v) is 2.71. The highest BCUT2D eigenvalue weighted by atomic mass is 35.5. The summed E-state index contributed by atoms with van der Waals surface area (Å²) in [6.07, 6.45) is 2.55. The number of aromatic nitrogens is 1. The first kappa shape index (κ1) is 12.4. The van der Waals surface area contributed by atoms with Gasteiger partial charge in [-0.3, -0.25) is 4.79 Å². The van der Waals surface area contributed by atoms with Gasteiger partial charge >= 0.3 is 0 Å². The molecule has 0 fully saturated rings. The van der Waals surface area contributed by atoms with E-state index in [4.69, 9.17) is 11.6 Å². The highest BCUT2D eigenvalue weighted by Gasteiger charge is 2.10. The zero-order chi connectivity index (χ0) is 13.1. The van der Waals surface area contributed by atoms with Gasteiger partial charge in [-0.1, -0.05) is 11.6 Å². The second kappa shape index (κ2) is 5.06. The lowest BCUT2D eigenvalue weighted by Gasteiger charge is -2.08. The van der Waals surface area contributed by atoms with Gasteiger partial charge in [0.15, 0.2) is 12.4 Å². The van der Waals surface area contributed by atoms with Gasteiger partial charge in [0, 0.05) is 16.8 Å². The van der Waals surface area contributed by atoms with Crippen molar-refractivity contribution in [3.05, 3.63) is 64.1 Å². The smallest absolute Gasteiger partial charge is 0.261 e. The summed E-state index contributed by atoms with van der Waals surface area (Å²) >= 11 is 5.83. The van der Waals surface area contributed by atoms with Gasteiger partial charge in [0.2, 0.25) is 0 Å². The maximum Gasteiger partial charge on any atom is 0.261 e. The number of carbonyl (C=O) groups excluding carboxylic acids is 1. The second-order valence-electron chi connectivity index (χ2n) is 3.87. The van der Waals surface area contributed by atoms with Crippen LogP contribution in [0.4, 0.5) is 5.69 Å². The molecule has 0 radical (unpaired) electrons. The van der Waals surface area contributed by atoms with Crippen LogP contribution in [-0.4, -0.2) is 5.91 Å². The predicted molar refractivity (Wildman–Crippen MR) is 69.5 cm³/mol. The van der Waals surface area contributed by atoms with Crippen molar-refractivity contribution in [2.75, 3.05) is 5.32 Å². The molecule has 0 unspecified atom stereocenters. The molecule has 0 aliphatic rings. The summed E-state index contributed by atoms with van der Waals surface area (Å²) < 4.78 is 0.587. The minimum absolute atomic E-state index is 0.307. The Labute approximate surface area is 109 Å². The molecular formula is C13H11ClN2O2. The molecule has 0 aliphatic heterocycles. The van der Waals surface area contributed by atoms with Crippen LogP contribution in [0.3, 0.4) is 0 Å². The quantitative estimate of drug-likeness (QED) is 0.668. The summed E-state index contributed by atoms with van der Waals surface area (Å²) in [5.74, 6) is -0.328. The van der Waals surface area contributed by atoms with Crippen LogP contribution in [0.5, 0.6) is 0 Å². The molecule has 0 spiro atoms. The molecule has 1 aromatic heterocycles. The highest BCUT2D eigenvalue weighted by Crippen LogP contribution is 2.20. The molecule has 4 nitrogen and oxygen atoms in total. The molecule has 0 saturated carbocycles. The van der Waals surface area contributed by atoms with E-state index in [1.54, 1.807) is 24.3 Å². The number of anilines is 1. The average molecular weight is 263 g/mol. The Morgan fingerprint density at radius 2 is 2.17 bits per heavy atom. The van der Waals surface area contributed by atoms with Crippen molar-refractivity contribution in [3.8, 4) is 0 Å². The molecule has 1 N–H and O–H groups in total. The van der Waals surface area contributed by atoms with E-state index in [0.29, 0.717) is 21.0 Å². The van der Waals surface area contributed by atoms with Crippen LogP contribution < -0.4 is 10.0 Å². The Hall–Kier alpha value is -2.07. The lowest BCUT2D eigenvalue weighted by Crippen LogP contribution is -2.27. The normalized spacial score (nSPS) is 10.1. The molecule has 2 rings (SSSR count). The fourth-order valence-corrected chi connectivity index (χ4v) is 1.78. The fourth-order valence-electron chi connectivity index (χ4n) is 1.55. The monoisotopic (exact) mass is 262 g/mol. The number of hydrogen-bond donors (Lipinski definition) is 1. The Morgan fingerprint density at radius 3 is 2.83 bits per heavy atom. The minimum Gasteiger partial charge on any atom is -0.619 e. The number of aryl methyl sites for hydroxylation is 1. The molecule has 18 heavy (non-hydrogen) atoms. The molecule has 1 aromatic carbocycles. The molecule has 0 saturated heterocycles. The van der Waals surface area contributed by atoms with Gasteiger partial charge in [-0.25, -0.2) is 0 Å². The summed E-state index contributed by atoms with van der Waals surface area (Å²) in [5.41, 5.74) is 1.84. The van der Waals surface area contributed by atoms with E-state index in [-0.39, 0.29) is 5.91 Å². The molecule has 0 bridgehead atoms. The van der Waals surface area contributed by atoms with E-state index in [1.807, 2.05) is 6.92 Å². The average Bonchev–Trinajstić information content (AvgIpc) is 2.32. The maximum atomic E-state index is 11.9. The number of nitrogens with zero attached hydrogens (tertiary/aromatic N) is 1. The van der Waals surface area contributed by atoms with E-state index >= 15 is 0 Å². The predicted octanol–water partition coefficient (Wildman–Crippen LogP) is 2.53. The number of pyridine rings is 1. The largest absolute Gasteiger partial charge is 0.619 e. The standard InChI is InChI=1S/C13H11ClN2O2/c1-9-7-11(14)4-5-12(9)15-13(17)10-3-2-6-16(18)8-10/h2-8H,1H3,(H,15,17). The van der Waals surface area contributed by atoms with Crippen molar-refractivity contribution in [2.24, 2.45) is 0 Å². The van der Waals surface area contributed by atoms with E-state index in [2.05, 4.69) is 5.32 Å². The summed E-state index contributed by atoms with van der Waals surface area (Å²) in [6.45, 7) is 1.85. The molecule has 92 valence electrons. The Bertz CT molecular complexity index is 599. The first-order valence-corrected chi connectivity index (χ1v) is 5.70. The second-order valence-corrected chi connectivity index (χ2v) is 4.30. The van der Waals surface area contributed by atoms with Gasteiger partial charge in [0.1, 0.15) is 5.56 Å². The van der Waals surface area contributed by atoms with Gasteiger partial charge in [0.05, 0.1) is 0 Å². The van der Waals surface area contributed by atoms with Crippen LogP contribution in [0.25, 0.3) is 0 Å². The molecule has 0 atom stereocenters. The van der Waals surface area contributed by atoms with E-state index in [0.717, 1.165) is 5.56 Å². The van der Waals surface area contributed by atoms with E-state index in [1.165, 1.54) is 18.5 Å². The molecule has 0 aliphatic carbocycles. The number of halogens is 1. The number of benzene rings is 1. The van der Waals surface area contributed by atoms with E-state index < -0.39 is 0 Å². The fraction of sp³-hybridized carbons (Fsp3) is 0.0769. The zero-order valence-electron chi connectivity index (χ0n) is 9.68. The van der Waals surface area contributed by atoms with Crippen LogP contribution in [-0.2, 0) is 0 Å². The zero-order valence-corrected chi connectivity index (χ0v) is 10.4. The van der Waals surface area contributed by atoms with Crippen molar-refractivity contribution in [3.63, 3.8) is 0 Å². The Kier molecular flexibility index (Phi) is 3.48. The molecule has 5 heteroatoms. The number of rotatable bonds is 2. The van der Waals surface area contributed by atoms with Crippen molar-refractivity contribution in [1.82, 2.24) is 0 Å². The first-order valence-electron chi connectivity index (χ1n) is 5.32. The number of nitrogens with one attached hydrogen (secondary N) is 1. The highest BCUT2D eigenvalue weighted by molar-refractivity contribution is 6.30. The Balaban J connectivity index is 2.21. The summed E-state index contributed by atoms with van der Waals surface area (Å²) in [6, 6.07) is 8.29. The number of hydrogen-bond acceptors (Lipinski definition) is 2. The third kappa shape index (κ3) is 2.78. The van der Waals surface area contributed by atoms with Gasteiger partial charge in [-0.05, 0) is 36.8 Å². The van der Waals surface area contributed by atoms with Crippen LogP contribution in [0.2, 0.25) is 5.02 Å². The first-order chi connectivity index (χ1) is 8.56. The van der Waals surface area contributed by atoms with Crippen molar-refractivity contribution in [2.45, 2.75) is 6.92 Å². The SMILES string of the molecule is Cc1cc(Cl)ccc1NC(=O)c1ccc[n+]([O-])c1. The number of amides is 1. The molecular weight excluding hydrogens is 252 g/mol. The number of carbonyl (C=O) groups is 1. The van der Waals surface area contributed by atoms with E-state index in [9.17, 15) is 10.0 Å². The molecule has 1 heterocycles. The van der Waals surface area contributed by atoms with Crippen LogP contribution >= 0.6 is 11.6 Å². The van der Waals surface area contributed by atoms with Crippen LogP contribution in [0.1, 0.15) is 15.9 Å². The molecule has 1 amide bonds. The van der Waals surface area contributed by atoms with Crippen LogP contribution in [0.15, 0.2) is 42.7 Å². The minimum atomic E-state index is -0.328.